The largest absolute Gasteiger partial charge is 0.353 e. The molecule has 0 aliphatic carbocycles. The lowest BCUT2D eigenvalue weighted by atomic mass is 10.1. The Bertz CT molecular complexity index is 387. The van der Waals surface area contributed by atoms with E-state index in [0.29, 0.717) is 6.04 Å². The molecule has 1 aliphatic rings. The van der Waals surface area contributed by atoms with Crippen molar-refractivity contribution in [1.29, 1.82) is 0 Å². The van der Waals surface area contributed by atoms with Crippen molar-refractivity contribution in [2.24, 2.45) is 0 Å². The van der Waals surface area contributed by atoms with E-state index in [1.54, 1.807) is 0 Å². The first-order valence-electron chi connectivity index (χ1n) is 6.40. The van der Waals surface area contributed by atoms with Crippen LogP contribution in [0.1, 0.15) is 31.9 Å². The Morgan fingerprint density at radius 1 is 1.47 bits per heavy atom. The molecule has 3 heteroatoms. The van der Waals surface area contributed by atoms with Gasteiger partial charge in [-0.1, -0.05) is 19.1 Å². The summed E-state index contributed by atoms with van der Waals surface area (Å²) in [4.78, 5) is 6.79. The van der Waals surface area contributed by atoms with Gasteiger partial charge in [0.2, 0.25) is 0 Å². The molecule has 0 aromatic carbocycles. The minimum absolute atomic E-state index is 0.391. The van der Waals surface area contributed by atoms with Crippen molar-refractivity contribution < 1.29 is 0 Å². The van der Waals surface area contributed by atoms with Gasteiger partial charge in [-0.25, -0.2) is 4.98 Å². The van der Waals surface area contributed by atoms with Gasteiger partial charge in [0, 0.05) is 25.3 Å². The lowest BCUT2D eigenvalue weighted by molar-refractivity contribution is 0.597. The molecule has 0 saturated carbocycles. The molecule has 17 heavy (non-hydrogen) atoms. The lowest BCUT2D eigenvalue weighted by Gasteiger charge is -2.25. The average Bonchev–Trinajstić information content (AvgIpc) is 2.40. The summed E-state index contributed by atoms with van der Waals surface area (Å²) in [5, 5.41) is 3.43. The van der Waals surface area contributed by atoms with Crippen molar-refractivity contribution in [2.45, 2.75) is 26.3 Å². The van der Waals surface area contributed by atoms with Crippen LogP contribution in [-0.2, 0) is 0 Å². The molecule has 1 unspecified atom stereocenters. The van der Waals surface area contributed by atoms with Gasteiger partial charge in [0.25, 0.3) is 0 Å². The summed E-state index contributed by atoms with van der Waals surface area (Å²) in [6.45, 7) is 7.37. The van der Waals surface area contributed by atoms with Gasteiger partial charge in [-0.05, 0) is 37.6 Å². The van der Waals surface area contributed by atoms with Crippen LogP contribution in [0.2, 0.25) is 0 Å². The Hall–Kier alpha value is -1.35. The first kappa shape index (κ1) is 12.1. The van der Waals surface area contributed by atoms with E-state index in [9.17, 15) is 0 Å². The van der Waals surface area contributed by atoms with Crippen molar-refractivity contribution in [2.75, 3.05) is 24.5 Å². The number of aromatic nitrogens is 1. The van der Waals surface area contributed by atoms with E-state index in [4.69, 9.17) is 0 Å². The molecular formula is C14H21N3. The van der Waals surface area contributed by atoms with Crippen molar-refractivity contribution in [3.8, 4) is 0 Å². The maximum absolute atomic E-state index is 4.47. The van der Waals surface area contributed by atoms with Gasteiger partial charge < -0.3 is 10.2 Å². The molecule has 0 fully saturated rings. The lowest BCUT2D eigenvalue weighted by Crippen LogP contribution is -2.28. The molecule has 0 saturated heterocycles. The number of nitrogens with one attached hydrogen (secondary N) is 1. The van der Waals surface area contributed by atoms with Gasteiger partial charge in [0.1, 0.15) is 5.82 Å². The fourth-order valence-electron chi connectivity index (χ4n) is 2.15. The van der Waals surface area contributed by atoms with Gasteiger partial charge in [-0.2, -0.15) is 0 Å². The van der Waals surface area contributed by atoms with E-state index < -0.39 is 0 Å². The Balaban J connectivity index is 2.13. The van der Waals surface area contributed by atoms with Gasteiger partial charge in [-0.15, -0.1) is 0 Å². The van der Waals surface area contributed by atoms with Crippen LogP contribution in [0.4, 0.5) is 5.82 Å². The molecule has 0 bridgehead atoms. The Kier molecular flexibility index (Phi) is 4.15. The third-order valence-corrected chi connectivity index (χ3v) is 3.16. The van der Waals surface area contributed by atoms with E-state index in [0.717, 1.165) is 31.9 Å². The highest BCUT2D eigenvalue weighted by molar-refractivity contribution is 5.43. The second kappa shape index (κ2) is 5.82. The highest BCUT2D eigenvalue weighted by Gasteiger charge is 2.11. The van der Waals surface area contributed by atoms with Crippen LogP contribution in [0.15, 0.2) is 30.5 Å². The van der Waals surface area contributed by atoms with E-state index >= 15 is 0 Å². The number of hydrogen-bond acceptors (Lipinski definition) is 3. The molecule has 1 aliphatic heterocycles. The Labute approximate surface area is 104 Å². The number of nitrogens with zero attached hydrogens (tertiary/aromatic N) is 2. The molecular weight excluding hydrogens is 210 g/mol. The molecule has 2 heterocycles. The molecule has 0 amide bonds. The summed E-state index contributed by atoms with van der Waals surface area (Å²) in [6, 6.07) is 4.69. The van der Waals surface area contributed by atoms with E-state index in [1.807, 2.05) is 6.20 Å². The second-order valence-corrected chi connectivity index (χ2v) is 4.43. The van der Waals surface area contributed by atoms with Crippen LogP contribution in [0.5, 0.6) is 0 Å². The van der Waals surface area contributed by atoms with E-state index in [-0.39, 0.29) is 0 Å². The zero-order valence-electron chi connectivity index (χ0n) is 10.7. The predicted octanol–water partition coefficient (Wildman–Crippen LogP) is 2.52. The third kappa shape index (κ3) is 3.07. The second-order valence-electron chi connectivity index (χ2n) is 4.43. The monoisotopic (exact) mass is 231 g/mol. The van der Waals surface area contributed by atoms with Crippen LogP contribution in [0.3, 0.4) is 0 Å². The molecule has 3 nitrogen and oxygen atoms in total. The summed E-state index contributed by atoms with van der Waals surface area (Å²) >= 11 is 0. The van der Waals surface area contributed by atoms with Gasteiger partial charge in [0.05, 0.1) is 0 Å². The predicted molar refractivity (Wildman–Crippen MR) is 72.3 cm³/mol. The smallest absolute Gasteiger partial charge is 0.129 e. The van der Waals surface area contributed by atoms with Crippen LogP contribution in [0, 0.1) is 0 Å². The van der Waals surface area contributed by atoms with Crippen LogP contribution < -0.4 is 10.2 Å². The molecule has 1 aromatic heterocycles. The molecule has 1 N–H and O–H groups in total. The molecule has 0 spiro atoms. The fraction of sp³-hybridized carbons (Fsp3) is 0.500. The van der Waals surface area contributed by atoms with Crippen molar-refractivity contribution in [1.82, 2.24) is 10.3 Å². The maximum Gasteiger partial charge on any atom is 0.129 e. The normalized spacial score (nSPS) is 17.2. The summed E-state index contributed by atoms with van der Waals surface area (Å²) in [5.41, 5.74) is 1.31. The summed E-state index contributed by atoms with van der Waals surface area (Å²) in [7, 11) is 0. The van der Waals surface area contributed by atoms with Crippen molar-refractivity contribution in [3.05, 3.63) is 36.0 Å². The number of pyridine rings is 1. The fourth-order valence-corrected chi connectivity index (χ4v) is 2.15. The zero-order chi connectivity index (χ0) is 12.1. The maximum atomic E-state index is 4.47. The Morgan fingerprint density at radius 2 is 2.35 bits per heavy atom. The quantitative estimate of drug-likeness (QED) is 0.807. The van der Waals surface area contributed by atoms with E-state index in [2.05, 4.69) is 53.3 Å². The Morgan fingerprint density at radius 3 is 3.06 bits per heavy atom. The minimum atomic E-state index is 0.391. The molecule has 2 rings (SSSR count). The number of rotatable bonds is 4. The van der Waals surface area contributed by atoms with Gasteiger partial charge >= 0.3 is 0 Å². The first-order chi connectivity index (χ1) is 8.31. The van der Waals surface area contributed by atoms with Crippen LogP contribution in [0.25, 0.3) is 0 Å². The summed E-state index contributed by atoms with van der Waals surface area (Å²) < 4.78 is 0. The highest BCUT2D eigenvalue weighted by Crippen LogP contribution is 2.19. The minimum Gasteiger partial charge on any atom is -0.353 e. The SMILES string of the molecule is CCNC(C)c1ccnc(N2CC=CCC2)c1. The summed E-state index contributed by atoms with van der Waals surface area (Å²) in [6.07, 6.45) is 7.48. The summed E-state index contributed by atoms with van der Waals surface area (Å²) in [5.74, 6) is 1.09. The number of hydrogen-bond donors (Lipinski definition) is 1. The standard InChI is InChI=1S/C14H21N3/c1-3-15-12(2)13-7-8-16-14(11-13)17-9-5-4-6-10-17/h4-5,7-8,11-12,15H,3,6,9-10H2,1-2H3. The topological polar surface area (TPSA) is 28.2 Å². The average molecular weight is 231 g/mol. The van der Waals surface area contributed by atoms with Crippen molar-refractivity contribution in [3.63, 3.8) is 0 Å². The third-order valence-electron chi connectivity index (χ3n) is 3.16. The van der Waals surface area contributed by atoms with E-state index in [1.165, 1.54) is 5.56 Å². The molecule has 1 aromatic rings. The van der Waals surface area contributed by atoms with Gasteiger partial charge in [-0.3, -0.25) is 0 Å². The van der Waals surface area contributed by atoms with Crippen LogP contribution >= 0.6 is 0 Å². The molecule has 0 radical (unpaired) electrons. The van der Waals surface area contributed by atoms with Gasteiger partial charge in [0.15, 0.2) is 0 Å². The van der Waals surface area contributed by atoms with Crippen LogP contribution in [-0.4, -0.2) is 24.6 Å². The number of anilines is 1. The zero-order valence-corrected chi connectivity index (χ0v) is 10.7. The highest BCUT2D eigenvalue weighted by atomic mass is 15.2. The molecule has 92 valence electrons. The molecule has 1 atom stereocenters. The van der Waals surface area contributed by atoms with Crippen molar-refractivity contribution >= 4 is 5.82 Å². The first-order valence-corrected chi connectivity index (χ1v) is 6.40.